The molecule has 0 bridgehead atoms. The summed E-state index contributed by atoms with van der Waals surface area (Å²) < 4.78 is 5.74. The minimum absolute atomic E-state index is 0.00161. The SMILES string of the molecule is O=C(COc1ccc2ccccc2c1)N1CCN(C(=O)Cc2c[nH]c3ccccc23)CC1. The summed E-state index contributed by atoms with van der Waals surface area (Å²) in [6, 6.07) is 21.9. The van der Waals surface area contributed by atoms with E-state index in [2.05, 4.69) is 4.98 Å². The fourth-order valence-electron chi connectivity index (χ4n) is 4.25. The summed E-state index contributed by atoms with van der Waals surface area (Å²) >= 11 is 0. The quantitative estimate of drug-likeness (QED) is 0.529. The first-order valence-electron chi connectivity index (χ1n) is 10.9. The molecule has 0 aliphatic carbocycles. The lowest BCUT2D eigenvalue weighted by molar-refractivity contribution is -0.140. The number of carbonyl (C=O) groups excluding carboxylic acids is 2. The second-order valence-electron chi connectivity index (χ2n) is 8.10. The summed E-state index contributed by atoms with van der Waals surface area (Å²) in [5, 5.41) is 3.31. The van der Waals surface area contributed by atoms with Crippen molar-refractivity contribution in [2.75, 3.05) is 32.8 Å². The molecule has 1 fully saturated rings. The molecule has 1 aliphatic rings. The highest BCUT2D eigenvalue weighted by molar-refractivity contribution is 5.89. The molecule has 32 heavy (non-hydrogen) atoms. The van der Waals surface area contributed by atoms with Gasteiger partial charge in [-0.05, 0) is 34.5 Å². The highest BCUT2D eigenvalue weighted by Crippen LogP contribution is 2.21. The van der Waals surface area contributed by atoms with E-state index in [1.54, 1.807) is 4.90 Å². The third kappa shape index (κ3) is 4.17. The van der Waals surface area contributed by atoms with Gasteiger partial charge in [-0.15, -0.1) is 0 Å². The number of para-hydroxylation sites is 1. The van der Waals surface area contributed by atoms with Gasteiger partial charge < -0.3 is 19.5 Å². The van der Waals surface area contributed by atoms with Crippen LogP contribution in [0.3, 0.4) is 0 Å². The highest BCUT2D eigenvalue weighted by atomic mass is 16.5. The van der Waals surface area contributed by atoms with Crippen LogP contribution in [0.1, 0.15) is 5.56 Å². The molecule has 162 valence electrons. The molecule has 4 aromatic rings. The van der Waals surface area contributed by atoms with Crippen LogP contribution in [0.15, 0.2) is 72.9 Å². The lowest BCUT2D eigenvalue weighted by atomic mass is 10.1. The summed E-state index contributed by atoms with van der Waals surface area (Å²) in [5.41, 5.74) is 2.05. The largest absolute Gasteiger partial charge is 0.484 e. The van der Waals surface area contributed by atoms with E-state index in [-0.39, 0.29) is 18.4 Å². The Morgan fingerprint density at radius 3 is 2.31 bits per heavy atom. The van der Waals surface area contributed by atoms with Crippen molar-refractivity contribution in [3.63, 3.8) is 0 Å². The molecule has 0 spiro atoms. The maximum Gasteiger partial charge on any atom is 0.260 e. The Bertz CT molecular complexity index is 1270. The number of fused-ring (bicyclic) bond motifs is 2. The third-order valence-corrected chi connectivity index (χ3v) is 6.08. The lowest BCUT2D eigenvalue weighted by Crippen LogP contribution is -2.52. The van der Waals surface area contributed by atoms with Gasteiger partial charge in [-0.1, -0.05) is 48.5 Å². The first kappa shape index (κ1) is 20.1. The van der Waals surface area contributed by atoms with Crippen molar-refractivity contribution in [2.24, 2.45) is 0 Å². The van der Waals surface area contributed by atoms with Crippen LogP contribution in [0, 0.1) is 0 Å². The van der Waals surface area contributed by atoms with Gasteiger partial charge in [-0.3, -0.25) is 9.59 Å². The summed E-state index contributed by atoms with van der Waals surface area (Å²) in [6.45, 7) is 2.15. The number of piperazine rings is 1. The Labute approximate surface area is 186 Å². The zero-order valence-corrected chi connectivity index (χ0v) is 17.8. The predicted octanol–water partition coefficient (Wildman–Crippen LogP) is 3.61. The minimum Gasteiger partial charge on any atom is -0.484 e. The number of aromatic amines is 1. The minimum atomic E-state index is -0.0538. The van der Waals surface area contributed by atoms with Crippen LogP contribution in [0.4, 0.5) is 0 Å². The molecule has 0 radical (unpaired) electrons. The monoisotopic (exact) mass is 427 g/mol. The Hall–Kier alpha value is -3.80. The van der Waals surface area contributed by atoms with Gasteiger partial charge in [0.1, 0.15) is 5.75 Å². The van der Waals surface area contributed by atoms with Crippen LogP contribution in [-0.4, -0.2) is 59.4 Å². The molecule has 5 rings (SSSR count). The van der Waals surface area contributed by atoms with Gasteiger partial charge >= 0.3 is 0 Å². The van der Waals surface area contributed by atoms with Gasteiger partial charge in [0.2, 0.25) is 5.91 Å². The maximum atomic E-state index is 12.8. The fraction of sp³-hybridized carbons (Fsp3) is 0.231. The normalized spacial score (nSPS) is 14.1. The van der Waals surface area contributed by atoms with Gasteiger partial charge in [0, 0.05) is 43.3 Å². The van der Waals surface area contributed by atoms with Gasteiger partial charge in [0.15, 0.2) is 6.61 Å². The van der Waals surface area contributed by atoms with Crippen molar-refractivity contribution in [1.82, 2.24) is 14.8 Å². The van der Waals surface area contributed by atoms with E-state index in [0.717, 1.165) is 27.2 Å². The number of amides is 2. The number of carbonyl (C=O) groups is 2. The standard InChI is InChI=1S/C26H25N3O3/c30-25(16-21-17-27-24-8-4-3-7-23(21)24)28-11-13-29(14-12-28)26(31)18-32-22-10-9-19-5-1-2-6-20(19)15-22/h1-10,15,17,27H,11-14,16,18H2. The Kier molecular flexibility index (Phi) is 5.50. The molecule has 1 aromatic heterocycles. The van der Waals surface area contributed by atoms with Crippen molar-refractivity contribution in [2.45, 2.75) is 6.42 Å². The zero-order valence-electron chi connectivity index (χ0n) is 17.8. The van der Waals surface area contributed by atoms with Crippen molar-refractivity contribution >= 4 is 33.5 Å². The van der Waals surface area contributed by atoms with Crippen LogP contribution < -0.4 is 4.74 Å². The van der Waals surface area contributed by atoms with E-state index in [1.807, 2.05) is 77.8 Å². The number of benzene rings is 3. The summed E-state index contributed by atoms with van der Waals surface area (Å²) in [6.07, 6.45) is 2.27. The molecule has 0 saturated carbocycles. The van der Waals surface area contributed by atoms with Crippen LogP contribution in [0.25, 0.3) is 21.7 Å². The Morgan fingerprint density at radius 2 is 1.50 bits per heavy atom. The fourth-order valence-corrected chi connectivity index (χ4v) is 4.25. The first-order chi connectivity index (χ1) is 15.7. The van der Waals surface area contributed by atoms with E-state index in [0.29, 0.717) is 38.3 Å². The van der Waals surface area contributed by atoms with Crippen LogP contribution in [0.5, 0.6) is 5.75 Å². The van der Waals surface area contributed by atoms with Crippen molar-refractivity contribution < 1.29 is 14.3 Å². The molecule has 6 heteroatoms. The van der Waals surface area contributed by atoms with Crippen LogP contribution in [-0.2, 0) is 16.0 Å². The second-order valence-corrected chi connectivity index (χ2v) is 8.10. The molecule has 2 heterocycles. The predicted molar refractivity (Wildman–Crippen MR) is 125 cm³/mol. The van der Waals surface area contributed by atoms with Crippen LogP contribution >= 0.6 is 0 Å². The lowest BCUT2D eigenvalue weighted by Gasteiger charge is -2.34. The van der Waals surface area contributed by atoms with E-state index < -0.39 is 0 Å². The molecule has 6 nitrogen and oxygen atoms in total. The zero-order chi connectivity index (χ0) is 21.9. The third-order valence-electron chi connectivity index (χ3n) is 6.08. The van der Waals surface area contributed by atoms with Crippen LogP contribution in [0.2, 0.25) is 0 Å². The second kappa shape index (κ2) is 8.75. The molecule has 0 atom stereocenters. The highest BCUT2D eigenvalue weighted by Gasteiger charge is 2.25. The van der Waals surface area contributed by atoms with Gasteiger partial charge in [-0.2, -0.15) is 0 Å². The summed E-state index contributed by atoms with van der Waals surface area (Å²) in [7, 11) is 0. The number of hydrogen-bond acceptors (Lipinski definition) is 3. The van der Waals surface area contributed by atoms with Gasteiger partial charge in [0.05, 0.1) is 6.42 Å². The number of hydrogen-bond donors (Lipinski definition) is 1. The molecule has 2 amide bonds. The Morgan fingerprint density at radius 1 is 0.812 bits per heavy atom. The summed E-state index contributed by atoms with van der Waals surface area (Å²) in [5.74, 6) is 0.723. The molecule has 1 saturated heterocycles. The number of nitrogens with zero attached hydrogens (tertiary/aromatic N) is 2. The number of aromatic nitrogens is 1. The van der Waals surface area contributed by atoms with E-state index in [4.69, 9.17) is 4.74 Å². The number of H-pyrrole nitrogens is 1. The Balaban J connectivity index is 1.12. The molecule has 1 aliphatic heterocycles. The average molecular weight is 428 g/mol. The molecular weight excluding hydrogens is 402 g/mol. The van der Waals surface area contributed by atoms with E-state index in [1.165, 1.54) is 0 Å². The maximum absolute atomic E-state index is 12.8. The average Bonchev–Trinajstić information content (AvgIpc) is 3.25. The molecular formula is C26H25N3O3. The molecule has 3 aromatic carbocycles. The topological polar surface area (TPSA) is 65.6 Å². The number of rotatable bonds is 5. The van der Waals surface area contributed by atoms with E-state index >= 15 is 0 Å². The summed E-state index contributed by atoms with van der Waals surface area (Å²) in [4.78, 5) is 32.2. The van der Waals surface area contributed by atoms with Crippen molar-refractivity contribution in [3.05, 3.63) is 78.5 Å². The van der Waals surface area contributed by atoms with Crippen molar-refractivity contribution in [3.8, 4) is 5.75 Å². The van der Waals surface area contributed by atoms with Crippen molar-refractivity contribution in [1.29, 1.82) is 0 Å². The van der Waals surface area contributed by atoms with E-state index in [9.17, 15) is 9.59 Å². The number of nitrogens with one attached hydrogen (secondary N) is 1. The molecule has 0 unspecified atom stereocenters. The smallest absolute Gasteiger partial charge is 0.260 e. The van der Waals surface area contributed by atoms with Gasteiger partial charge in [0.25, 0.3) is 5.91 Å². The number of ether oxygens (including phenoxy) is 1. The van der Waals surface area contributed by atoms with Gasteiger partial charge in [-0.25, -0.2) is 0 Å². The first-order valence-corrected chi connectivity index (χ1v) is 10.9. The molecule has 1 N–H and O–H groups in total.